The van der Waals surface area contributed by atoms with Crippen molar-refractivity contribution in [2.45, 2.75) is 76.3 Å². The third-order valence-corrected chi connectivity index (χ3v) is 5.59. The van der Waals surface area contributed by atoms with Gasteiger partial charge in [0.25, 0.3) is 5.91 Å². The molecule has 1 saturated heterocycles. The van der Waals surface area contributed by atoms with Crippen LogP contribution in [0.3, 0.4) is 0 Å². The van der Waals surface area contributed by atoms with E-state index in [1.165, 1.54) is 6.20 Å². The first kappa shape index (κ1) is 23.6. The van der Waals surface area contributed by atoms with Crippen molar-refractivity contribution in [1.82, 2.24) is 20.6 Å². The van der Waals surface area contributed by atoms with Gasteiger partial charge in [-0.25, -0.2) is 4.98 Å². The van der Waals surface area contributed by atoms with Gasteiger partial charge < -0.3 is 31.1 Å². The molecule has 0 unspecified atom stereocenters. The molecule has 5 N–H and O–H groups in total. The Hall–Kier alpha value is -2.11. The summed E-state index contributed by atoms with van der Waals surface area (Å²) >= 11 is 0. The van der Waals surface area contributed by atoms with Gasteiger partial charge in [-0.2, -0.15) is 13.8 Å². The van der Waals surface area contributed by atoms with E-state index in [2.05, 4.69) is 36.0 Å². The quantitative estimate of drug-likeness (QED) is 0.392. The number of piperidine rings is 1. The Balaban J connectivity index is 1.71. The van der Waals surface area contributed by atoms with Crippen molar-refractivity contribution >= 4 is 17.7 Å². The SMILES string of the molecule is C[C@@H](COC(F)F)Nc1ncc(C(=O)NC2CCNCC2)c(NC2CCC(O)CC2)n1. The van der Waals surface area contributed by atoms with Gasteiger partial charge in [0.2, 0.25) is 5.95 Å². The number of ether oxygens (including phenoxy) is 1. The molecule has 1 amide bonds. The molecule has 2 fully saturated rings. The molecule has 0 radical (unpaired) electrons. The number of alkyl halides is 2. The molecule has 11 heteroatoms. The van der Waals surface area contributed by atoms with E-state index in [9.17, 15) is 18.7 Å². The summed E-state index contributed by atoms with van der Waals surface area (Å²) in [6, 6.07) is -0.270. The molecular weight excluding hydrogens is 410 g/mol. The van der Waals surface area contributed by atoms with Crippen LogP contribution in [0.15, 0.2) is 6.20 Å². The van der Waals surface area contributed by atoms with Crippen LogP contribution < -0.4 is 21.3 Å². The second-order valence-electron chi connectivity index (χ2n) is 8.24. The van der Waals surface area contributed by atoms with Gasteiger partial charge in [-0.3, -0.25) is 4.79 Å². The summed E-state index contributed by atoms with van der Waals surface area (Å²) in [6.07, 6.45) is 5.78. The average Bonchev–Trinajstić information content (AvgIpc) is 2.75. The van der Waals surface area contributed by atoms with Crippen LogP contribution in [-0.4, -0.2) is 71.5 Å². The van der Waals surface area contributed by atoms with Gasteiger partial charge in [0.05, 0.1) is 12.7 Å². The smallest absolute Gasteiger partial charge is 0.345 e. The summed E-state index contributed by atoms with van der Waals surface area (Å²) in [7, 11) is 0. The molecule has 1 atom stereocenters. The van der Waals surface area contributed by atoms with Gasteiger partial charge in [-0.05, 0) is 58.5 Å². The lowest BCUT2D eigenvalue weighted by Gasteiger charge is -2.28. The van der Waals surface area contributed by atoms with Gasteiger partial charge in [0.15, 0.2) is 0 Å². The second kappa shape index (κ2) is 11.5. The lowest BCUT2D eigenvalue weighted by atomic mass is 9.93. The normalized spacial score (nSPS) is 23.4. The fourth-order valence-corrected chi connectivity index (χ4v) is 3.85. The predicted octanol–water partition coefficient (Wildman–Crippen LogP) is 1.71. The van der Waals surface area contributed by atoms with Crippen molar-refractivity contribution in [1.29, 1.82) is 0 Å². The number of amides is 1. The minimum absolute atomic E-state index is 0.0798. The maximum absolute atomic E-state index is 12.9. The van der Waals surface area contributed by atoms with E-state index in [-0.39, 0.29) is 36.7 Å². The number of anilines is 2. The standard InChI is InChI=1S/C20H32F2N6O3/c1-12(11-31-19(21)22)25-20-24-10-16(18(30)27-14-6-8-23-9-7-14)17(28-20)26-13-2-4-15(29)5-3-13/h10,12-15,19,23,29H,2-9,11H2,1H3,(H,27,30)(H2,24,25,26,28)/t12-,13?,15?/m0/s1. The van der Waals surface area contributed by atoms with E-state index in [1.807, 2.05) is 0 Å². The first-order valence-corrected chi connectivity index (χ1v) is 10.9. The van der Waals surface area contributed by atoms with Crippen LogP contribution in [0.2, 0.25) is 0 Å². The highest BCUT2D eigenvalue weighted by Crippen LogP contribution is 2.24. The third-order valence-electron chi connectivity index (χ3n) is 5.59. The summed E-state index contributed by atoms with van der Waals surface area (Å²) in [5, 5.41) is 22.3. The number of rotatable bonds is 9. The maximum atomic E-state index is 12.9. The van der Waals surface area contributed by atoms with Crippen LogP contribution in [0.1, 0.15) is 55.8 Å². The molecule has 1 aromatic heterocycles. The van der Waals surface area contributed by atoms with Crippen molar-refractivity contribution in [3.8, 4) is 0 Å². The van der Waals surface area contributed by atoms with Crippen molar-refractivity contribution in [3.63, 3.8) is 0 Å². The zero-order chi connectivity index (χ0) is 22.2. The fraction of sp³-hybridized carbons (Fsp3) is 0.750. The van der Waals surface area contributed by atoms with Crippen LogP contribution in [-0.2, 0) is 4.74 Å². The van der Waals surface area contributed by atoms with E-state index in [4.69, 9.17) is 0 Å². The number of halogens is 2. The van der Waals surface area contributed by atoms with Crippen molar-refractivity contribution in [3.05, 3.63) is 11.8 Å². The van der Waals surface area contributed by atoms with Crippen LogP contribution in [0, 0.1) is 0 Å². The number of hydrogen-bond acceptors (Lipinski definition) is 8. The number of hydrogen-bond donors (Lipinski definition) is 5. The van der Waals surface area contributed by atoms with E-state index in [1.54, 1.807) is 6.92 Å². The number of carbonyl (C=O) groups excluding carboxylic acids is 1. The first-order valence-electron chi connectivity index (χ1n) is 10.9. The lowest BCUT2D eigenvalue weighted by Crippen LogP contribution is -2.43. The van der Waals surface area contributed by atoms with Crippen LogP contribution >= 0.6 is 0 Å². The highest BCUT2D eigenvalue weighted by Gasteiger charge is 2.24. The molecule has 31 heavy (non-hydrogen) atoms. The van der Waals surface area contributed by atoms with E-state index >= 15 is 0 Å². The molecule has 0 aromatic carbocycles. The predicted molar refractivity (Wildman–Crippen MR) is 112 cm³/mol. The molecule has 0 spiro atoms. The highest BCUT2D eigenvalue weighted by atomic mass is 19.3. The largest absolute Gasteiger partial charge is 0.393 e. The highest BCUT2D eigenvalue weighted by molar-refractivity contribution is 5.98. The molecule has 3 rings (SSSR count). The molecule has 174 valence electrons. The molecule has 2 heterocycles. The molecule has 1 saturated carbocycles. The average molecular weight is 443 g/mol. The van der Waals surface area contributed by atoms with E-state index < -0.39 is 12.7 Å². The van der Waals surface area contributed by atoms with Crippen molar-refractivity contribution in [2.24, 2.45) is 0 Å². The molecule has 1 aliphatic heterocycles. The van der Waals surface area contributed by atoms with Crippen molar-refractivity contribution in [2.75, 3.05) is 30.3 Å². The van der Waals surface area contributed by atoms with Crippen LogP contribution in [0.4, 0.5) is 20.5 Å². The molecule has 1 aromatic rings. The molecule has 0 bridgehead atoms. The number of nitrogens with one attached hydrogen (secondary N) is 4. The summed E-state index contributed by atoms with van der Waals surface area (Å²) < 4.78 is 28.8. The van der Waals surface area contributed by atoms with Crippen LogP contribution in [0.5, 0.6) is 0 Å². The Morgan fingerprint density at radius 2 is 1.94 bits per heavy atom. The first-order chi connectivity index (χ1) is 14.9. The molecule has 9 nitrogen and oxygen atoms in total. The zero-order valence-corrected chi connectivity index (χ0v) is 17.7. The summed E-state index contributed by atoms with van der Waals surface area (Å²) in [6.45, 7) is 0.350. The monoisotopic (exact) mass is 442 g/mol. The Kier molecular flexibility index (Phi) is 8.73. The third kappa shape index (κ3) is 7.51. The maximum Gasteiger partial charge on any atom is 0.345 e. The second-order valence-corrected chi connectivity index (χ2v) is 8.24. The Bertz CT molecular complexity index is 712. The molecule has 1 aliphatic carbocycles. The van der Waals surface area contributed by atoms with Crippen LogP contribution in [0.25, 0.3) is 0 Å². The summed E-state index contributed by atoms with van der Waals surface area (Å²) in [5.74, 6) is 0.375. The topological polar surface area (TPSA) is 120 Å². The van der Waals surface area contributed by atoms with Gasteiger partial charge in [0.1, 0.15) is 11.4 Å². The number of aliphatic hydroxyl groups excluding tert-OH is 1. The molecular formula is C20H32F2N6O3. The lowest BCUT2D eigenvalue weighted by molar-refractivity contribution is -0.130. The van der Waals surface area contributed by atoms with E-state index in [0.717, 1.165) is 38.8 Å². The number of nitrogens with zero attached hydrogens (tertiary/aromatic N) is 2. The minimum atomic E-state index is -2.84. The van der Waals surface area contributed by atoms with Gasteiger partial charge in [-0.15, -0.1) is 0 Å². The van der Waals surface area contributed by atoms with Gasteiger partial charge in [0, 0.05) is 24.3 Å². The Morgan fingerprint density at radius 1 is 1.23 bits per heavy atom. The molecule has 2 aliphatic rings. The fourth-order valence-electron chi connectivity index (χ4n) is 3.85. The number of aromatic nitrogens is 2. The summed E-state index contributed by atoms with van der Waals surface area (Å²) in [4.78, 5) is 21.6. The number of carbonyl (C=O) groups is 1. The minimum Gasteiger partial charge on any atom is -0.393 e. The van der Waals surface area contributed by atoms with E-state index in [0.29, 0.717) is 24.2 Å². The zero-order valence-electron chi connectivity index (χ0n) is 17.7. The van der Waals surface area contributed by atoms with Crippen molar-refractivity contribution < 1.29 is 23.4 Å². The van der Waals surface area contributed by atoms with Gasteiger partial charge >= 0.3 is 6.61 Å². The Morgan fingerprint density at radius 3 is 2.61 bits per heavy atom. The number of aliphatic hydroxyl groups is 1. The Labute approximate surface area is 180 Å². The summed E-state index contributed by atoms with van der Waals surface area (Å²) in [5.41, 5.74) is 0.340. The van der Waals surface area contributed by atoms with Gasteiger partial charge in [-0.1, -0.05) is 0 Å².